The summed E-state index contributed by atoms with van der Waals surface area (Å²) in [6.45, 7) is 12.0. The van der Waals surface area contributed by atoms with Crippen molar-refractivity contribution in [3.05, 3.63) is 0 Å². The van der Waals surface area contributed by atoms with Crippen LogP contribution in [0.15, 0.2) is 0 Å². The van der Waals surface area contributed by atoms with Gasteiger partial charge in [-0.05, 0) is 24.7 Å². The molecule has 0 saturated carbocycles. The fourth-order valence-corrected chi connectivity index (χ4v) is 3.01. The predicted octanol–water partition coefficient (Wildman–Crippen LogP) is 5.20. The fraction of sp³-hybridized carbons (Fsp3) is 0.905. The summed E-state index contributed by atoms with van der Waals surface area (Å²) in [7, 11) is 0. The van der Waals surface area contributed by atoms with E-state index in [0.29, 0.717) is 31.4 Å². The minimum atomic E-state index is -0.178. The van der Waals surface area contributed by atoms with E-state index >= 15 is 0 Å². The van der Waals surface area contributed by atoms with Crippen LogP contribution in [0.3, 0.4) is 0 Å². The van der Waals surface area contributed by atoms with Gasteiger partial charge in [-0.25, -0.2) is 0 Å². The summed E-state index contributed by atoms with van der Waals surface area (Å²) in [6.07, 6.45) is 9.42. The van der Waals surface area contributed by atoms with Crippen LogP contribution in [0.25, 0.3) is 0 Å². The molecule has 0 fully saturated rings. The maximum atomic E-state index is 12.0. The molecule has 0 rings (SSSR count). The van der Waals surface area contributed by atoms with Crippen LogP contribution in [-0.2, 0) is 14.3 Å². The summed E-state index contributed by atoms with van der Waals surface area (Å²) in [6, 6.07) is 0. The highest BCUT2D eigenvalue weighted by molar-refractivity contribution is 5.75. The van der Waals surface area contributed by atoms with Crippen LogP contribution in [0.5, 0.6) is 0 Å². The van der Waals surface area contributed by atoms with E-state index in [-0.39, 0.29) is 11.9 Å². The molecule has 0 N–H and O–H groups in total. The summed E-state index contributed by atoms with van der Waals surface area (Å²) in [4.78, 5) is 25.7. The van der Waals surface area contributed by atoms with Crippen molar-refractivity contribution in [2.75, 3.05) is 19.7 Å². The molecular formula is C21H41NO3. The largest absolute Gasteiger partial charge is 0.465 e. The number of carbonyl (C=O) groups is 2. The zero-order valence-corrected chi connectivity index (χ0v) is 17.3. The Labute approximate surface area is 155 Å². The third-order valence-electron chi connectivity index (χ3n) is 5.08. The van der Waals surface area contributed by atoms with E-state index in [9.17, 15) is 9.59 Å². The van der Waals surface area contributed by atoms with E-state index in [2.05, 4.69) is 27.7 Å². The number of nitrogens with zero attached hydrogens (tertiary/aromatic N) is 1. The van der Waals surface area contributed by atoms with Gasteiger partial charge < -0.3 is 9.64 Å². The van der Waals surface area contributed by atoms with Gasteiger partial charge in [-0.2, -0.15) is 0 Å². The Morgan fingerprint density at radius 1 is 0.920 bits per heavy atom. The van der Waals surface area contributed by atoms with E-state index in [1.807, 2.05) is 4.90 Å². The molecule has 25 heavy (non-hydrogen) atoms. The fourth-order valence-electron chi connectivity index (χ4n) is 3.01. The first-order valence-corrected chi connectivity index (χ1v) is 10.4. The molecule has 0 aromatic rings. The molecule has 0 heterocycles. The van der Waals surface area contributed by atoms with Gasteiger partial charge in [0.05, 0.1) is 13.0 Å². The topological polar surface area (TPSA) is 46.6 Å². The summed E-state index contributed by atoms with van der Waals surface area (Å²) in [5.74, 6) is 0.865. The van der Waals surface area contributed by atoms with Gasteiger partial charge in [-0.1, -0.05) is 66.2 Å². The molecule has 0 spiro atoms. The molecule has 0 aromatic heterocycles. The van der Waals surface area contributed by atoms with Gasteiger partial charge in [0.25, 0.3) is 0 Å². The average molecular weight is 356 g/mol. The van der Waals surface area contributed by atoms with Crippen molar-refractivity contribution in [3.63, 3.8) is 0 Å². The minimum Gasteiger partial charge on any atom is -0.465 e. The van der Waals surface area contributed by atoms with Gasteiger partial charge in [0.1, 0.15) is 0 Å². The highest BCUT2D eigenvalue weighted by Gasteiger charge is 2.17. The number of esters is 1. The van der Waals surface area contributed by atoms with Crippen molar-refractivity contribution < 1.29 is 14.3 Å². The Kier molecular flexibility index (Phi) is 14.6. The number of ether oxygens (including phenoxy) is 1. The lowest BCUT2D eigenvalue weighted by molar-refractivity contribution is -0.146. The summed E-state index contributed by atoms with van der Waals surface area (Å²) >= 11 is 0. The van der Waals surface area contributed by atoms with Crippen molar-refractivity contribution in [1.82, 2.24) is 4.90 Å². The van der Waals surface area contributed by atoms with Crippen LogP contribution in [0.4, 0.5) is 0 Å². The van der Waals surface area contributed by atoms with Gasteiger partial charge >= 0.3 is 5.97 Å². The molecule has 0 aliphatic carbocycles. The molecule has 1 amide bonds. The van der Waals surface area contributed by atoms with E-state index in [4.69, 9.17) is 4.74 Å². The molecule has 2 unspecified atom stereocenters. The Bertz CT molecular complexity index is 357. The van der Waals surface area contributed by atoms with Crippen molar-refractivity contribution >= 4 is 11.9 Å². The first-order valence-electron chi connectivity index (χ1n) is 10.4. The van der Waals surface area contributed by atoms with Gasteiger partial charge in [-0.3, -0.25) is 9.59 Å². The zero-order chi connectivity index (χ0) is 19.1. The van der Waals surface area contributed by atoms with Crippen LogP contribution >= 0.6 is 0 Å². The van der Waals surface area contributed by atoms with Crippen LogP contribution < -0.4 is 0 Å². The standard InChI is InChI=1S/C21H41NO3/c1-6-10-12-19(8-3)16-22(18(5)23)15-14-21(24)25-17-20(9-4)13-11-7-2/h19-20H,6-17H2,1-5H3. The first kappa shape index (κ1) is 23.9. The van der Waals surface area contributed by atoms with Crippen molar-refractivity contribution in [1.29, 1.82) is 0 Å². The number of amides is 1. The smallest absolute Gasteiger partial charge is 0.307 e. The summed E-state index contributed by atoms with van der Waals surface area (Å²) in [5.41, 5.74) is 0. The van der Waals surface area contributed by atoms with Crippen molar-refractivity contribution in [2.45, 2.75) is 92.4 Å². The third-order valence-corrected chi connectivity index (χ3v) is 5.08. The number of rotatable bonds is 15. The first-order chi connectivity index (χ1) is 12.0. The highest BCUT2D eigenvalue weighted by Crippen LogP contribution is 2.16. The Morgan fingerprint density at radius 2 is 1.48 bits per heavy atom. The van der Waals surface area contributed by atoms with E-state index in [0.717, 1.165) is 32.2 Å². The maximum absolute atomic E-state index is 12.0. The molecule has 4 heteroatoms. The van der Waals surface area contributed by atoms with Crippen molar-refractivity contribution in [2.24, 2.45) is 11.8 Å². The van der Waals surface area contributed by atoms with Crippen molar-refractivity contribution in [3.8, 4) is 0 Å². The van der Waals surface area contributed by atoms with Gasteiger partial charge in [0, 0.05) is 20.0 Å². The molecular weight excluding hydrogens is 314 g/mol. The Morgan fingerprint density at radius 3 is 1.96 bits per heavy atom. The average Bonchev–Trinajstić information content (AvgIpc) is 2.61. The molecule has 0 aliphatic heterocycles. The number of hydrogen-bond donors (Lipinski definition) is 0. The monoisotopic (exact) mass is 355 g/mol. The van der Waals surface area contributed by atoms with Crippen LogP contribution in [0, 0.1) is 11.8 Å². The molecule has 0 bridgehead atoms. The maximum Gasteiger partial charge on any atom is 0.307 e. The second-order valence-corrected chi connectivity index (χ2v) is 7.23. The lowest BCUT2D eigenvalue weighted by Crippen LogP contribution is -2.35. The molecule has 0 aliphatic rings. The van der Waals surface area contributed by atoms with E-state index < -0.39 is 0 Å². The van der Waals surface area contributed by atoms with Gasteiger partial charge in [-0.15, -0.1) is 0 Å². The number of hydrogen-bond acceptors (Lipinski definition) is 3. The Hall–Kier alpha value is -1.06. The third kappa shape index (κ3) is 12.0. The van der Waals surface area contributed by atoms with Gasteiger partial charge in [0.2, 0.25) is 5.91 Å². The molecule has 4 nitrogen and oxygen atoms in total. The molecule has 0 aromatic carbocycles. The predicted molar refractivity (Wildman–Crippen MR) is 104 cm³/mol. The minimum absolute atomic E-state index is 0.0529. The zero-order valence-electron chi connectivity index (χ0n) is 17.3. The molecule has 0 saturated heterocycles. The highest BCUT2D eigenvalue weighted by atomic mass is 16.5. The van der Waals surface area contributed by atoms with E-state index in [1.54, 1.807) is 6.92 Å². The van der Waals surface area contributed by atoms with Gasteiger partial charge in [0.15, 0.2) is 0 Å². The Balaban J connectivity index is 4.27. The lowest BCUT2D eigenvalue weighted by Gasteiger charge is -2.26. The normalized spacial score (nSPS) is 13.3. The second-order valence-electron chi connectivity index (χ2n) is 7.23. The molecule has 0 radical (unpaired) electrons. The lowest BCUT2D eigenvalue weighted by atomic mass is 9.98. The summed E-state index contributed by atoms with van der Waals surface area (Å²) in [5, 5.41) is 0. The molecule has 2 atom stereocenters. The molecule has 148 valence electrons. The van der Waals surface area contributed by atoms with Crippen LogP contribution in [0.1, 0.15) is 92.4 Å². The van der Waals surface area contributed by atoms with Crippen LogP contribution in [-0.4, -0.2) is 36.5 Å². The van der Waals surface area contributed by atoms with Crippen LogP contribution in [0.2, 0.25) is 0 Å². The summed E-state index contributed by atoms with van der Waals surface area (Å²) < 4.78 is 5.44. The van der Waals surface area contributed by atoms with E-state index in [1.165, 1.54) is 25.7 Å². The second kappa shape index (κ2) is 15.2. The number of carbonyl (C=O) groups excluding carboxylic acids is 2. The number of unbranched alkanes of at least 4 members (excludes halogenated alkanes) is 2. The SMILES string of the molecule is CCCCC(CC)COC(=O)CCN(CC(CC)CCCC)C(C)=O. The quantitative estimate of drug-likeness (QED) is 0.379.